The molecule has 0 bridgehead atoms. The molecule has 1 atom stereocenters. The summed E-state index contributed by atoms with van der Waals surface area (Å²) in [5, 5.41) is 0.0166. The average molecular weight is 359 g/mol. The average Bonchev–Trinajstić information content (AvgIpc) is 2.74. The monoisotopic (exact) mass is 357 g/mol. The minimum absolute atomic E-state index is 0.0166. The summed E-state index contributed by atoms with van der Waals surface area (Å²) in [6.45, 7) is 0. The molecule has 0 saturated carbocycles. The van der Waals surface area contributed by atoms with Gasteiger partial charge < -0.3 is 5.73 Å². The standard InChI is InChI=1S/C15H11BrClF2N/c16-12-4-3-11(14(19)13(12)17)15(20)6-5-8-7-9(18)1-2-10(8)15/h1-4,7H,5-6,20H2. The van der Waals surface area contributed by atoms with E-state index in [-0.39, 0.29) is 10.8 Å². The van der Waals surface area contributed by atoms with Crippen molar-refractivity contribution in [3.63, 3.8) is 0 Å². The SMILES string of the molecule is NC1(c2ccc(Br)c(Cl)c2F)CCc2cc(F)ccc21. The van der Waals surface area contributed by atoms with E-state index in [1.165, 1.54) is 12.1 Å². The van der Waals surface area contributed by atoms with Crippen LogP contribution in [-0.2, 0) is 12.0 Å². The summed E-state index contributed by atoms with van der Waals surface area (Å²) in [7, 11) is 0. The Labute approximate surface area is 128 Å². The fourth-order valence-electron chi connectivity index (χ4n) is 2.82. The Kier molecular flexibility index (Phi) is 3.35. The number of rotatable bonds is 1. The van der Waals surface area contributed by atoms with Gasteiger partial charge in [0.2, 0.25) is 0 Å². The lowest BCUT2D eigenvalue weighted by Gasteiger charge is -2.27. The predicted molar refractivity (Wildman–Crippen MR) is 78.8 cm³/mol. The molecule has 5 heteroatoms. The van der Waals surface area contributed by atoms with Gasteiger partial charge in [-0.15, -0.1) is 0 Å². The first kappa shape index (κ1) is 14.0. The summed E-state index contributed by atoms with van der Waals surface area (Å²) in [6.07, 6.45) is 1.15. The van der Waals surface area contributed by atoms with Crippen molar-refractivity contribution in [3.05, 3.63) is 68.2 Å². The molecule has 0 radical (unpaired) electrons. The van der Waals surface area contributed by atoms with Crippen molar-refractivity contribution >= 4 is 27.5 Å². The fourth-order valence-corrected chi connectivity index (χ4v) is 3.29. The summed E-state index contributed by atoms with van der Waals surface area (Å²) in [6, 6.07) is 7.75. The van der Waals surface area contributed by atoms with Crippen molar-refractivity contribution < 1.29 is 8.78 Å². The molecule has 1 aliphatic carbocycles. The quantitative estimate of drug-likeness (QED) is 0.745. The summed E-state index contributed by atoms with van der Waals surface area (Å²) >= 11 is 9.12. The van der Waals surface area contributed by atoms with E-state index in [4.69, 9.17) is 17.3 Å². The van der Waals surface area contributed by atoms with Crippen molar-refractivity contribution in [2.45, 2.75) is 18.4 Å². The van der Waals surface area contributed by atoms with E-state index < -0.39 is 11.4 Å². The topological polar surface area (TPSA) is 26.0 Å². The van der Waals surface area contributed by atoms with Crippen molar-refractivity contribution in [1.82, 2.24) is 0 Å². The van der Waals surface area contributed by atoms with Crippen LogP contribution in [0.25, 0.3) is 0 Å². The molecule has 0 aliphatic heterocycles. The van der Waals surface area contributed by atoms with E-state index in [2.05, 4.69) is 15.9 Å². The molecule has 104 valence electrons. The Bertz CT molecular complexity index is 705. The van der Waals surface area contributed by atoms with Crippen molar-refractivity contribution in [1.29, 1.82) is 0 Å². The molecular weight excluding hydrogens is 348 g/mol. The van der Waals surface area contributed by atoms with Crippen LogP contribution < -0.4 is 5.73 Å². The maximum Gasteiger partial charge on any atom is 0.148 e. The Morgan fingerprint density at radius 2 is 1.85 bits per heavy atom. The lowest BCUT2D eigenvalue weighted by atomic mass is 9.85. The third-order valence-electron chi connectivity index (χ3n) is 3.85. The Morgan fingerprint density at radius 1 is 1.15 bits per heavy atom. The Balaban J connectivity index is 2.19. The third kappa shape index (κ3) is 1.98. The zero-order chi connectivity index (χ0) is 14.5. The van der Waals surface area contributed by atoms with Crippen LogP contribution in [0, 0.1) is 11.6 Å². The van der Waals surface area contributed by atoms with Crippen LogP contribution in [0.4, 0.5) is 8.78 Å². The molecule has 0 saturated heterocycles. The highest BCUT2D eigenvalue weighted by molar-refractivity contribution is 9.10. The first-order valence-corrected chi connectivity index (χ1v) is 7.32. The molecule has 0 spiro atoms. The summed E-state index contributed by atoms with van der Waals surface area (Å²) in [5.74, 6) is -0.831. The second-order valence-electron chi connectivity index (χ2n) is 5.00. The molecule has 1 nitrogen and oxygen atoms in total. The zero-order valence-electron chi connectivity index (χ0n) is 10.4. The van der Waals surface area contributed by atoms with Gasteiger partial charge in [0.25, 0.3) is 0 Å². The van der Waals surface area contributed by atoms with Crippen molar-refractivity contribution in [2.24, 2.45) is 5.73 Å². The second kappa shape index (κ2) is 4.79. The van der Waals surface area contributed by atoms with Gasteiger partial charge in [0, 0.05) is 10.0 Å². The molecule has 2 N–H and O–H groups in total. The maximum atomic E-state index is 14.4. The summed E-state index contributed by atoms with van der Waals surface area (Å²) in [4.78, 5) is 0. The van der Waals surface area contributed by atoms with E-state index in [1.807, 2.05) is 0 Å². The number of aryl methyl sites for hydroxylation is 1. The third-order valence-corrected chi connectivity index (χ3v) is 5.11. The number of halogens is 4. The number of fused-ring (bicyclic) bond motifs is 1. The minimum Gasteiger partial charge on any atom is -0.318 e. The number of hydrogen-bond acceptors (Lipinski definition) is 1. The summed E-state index contributed by atoms with van der Waals surface area (Å²) < 4.78 is 28.2. The normalized spacial score (nSPS) is 21.1. The Morgan fingerprint density at radius 3 is 2.60 bits per heavy atom. The van der Waals surface area contributed by atoms with Gasteiger partial charge in [0.05, 0.1) is 10.6 Å². The minimum atomic E-state index is -0.961. The van der Waals surface area contributed by atoms with E-state index in [0.717, 1.165) is 11.1 Å². The molecule has 2 aromatic carbocycles. The number of benzene rings is 2. The van der Waals surface area contributed by atoms with Crippen LogP contribution in [0.3, 0.4) is 0 Å². The lowest BCUT2D eigenvalue weighted by Crippen LogP contribution is -2.36. The highest BCUT2D eigenvalue weighted by atomic mass is 79.9. The number of hydrogen-bond donors (Lipinski definition) is 1. The molecule has 1 unspecified atom stereocenters. The van der Waals surface area contributed by atoms with Crippen molar-refractivity contribution in [2.75, 3.05) is 0 Å². The van der Waals surface area contributed by atoms with Crippen LogP contribution in [0.5, 0.6) is 0 Å². The lowest BCUT2D eigenvalue weighted by molar-refractivity contribution is 0.491. The maximum absolute atomic E-state index is 14.4. The van der Waals surface area contributed by atoms with Gasteiger partial charge in [0.1, 0.15) is 11.6 Å². The van der Waals surface area contributed by atoms with Gasteiger partial charge in [-0.1, -0.05) is 23.7 Å². The van der Waals surface area contributed by atoms with E-state index in [1.54, 1.807) is 18.2 Å². The van der Waals surface area contributed by atoms with E-state index in [0.29, 0.717) is 22.9 Å². The van der Waals surface area contributed by atoms with Gasteiger partial charge >= 0.3 is 0 Å². The fraction of sp³-hybridized carbons (Fsp3) is 0.200. The largest absolute Gasteiger partial charge is 0.318 e. The molecule has 1 aliphatic rings. The molecule has 0 fully saturated rings. The van der Waals surface area contributed by atoms with E-state index in [9.17, 15) is 8.78 Å². The molecule has 20 heavy (non-hydrogen) atoms. The molecule has 0 aromatic heterocycles. The van der Waals surface area contributed by atoms with Gasteiger partial charge in [-0.3, -0.25) is 0 Å². The van der Waals surface area contributed by atoms with Gasteiger partial charge in [-0.2, -0.15) is 0 Å². The molecule has 0 amide bonds. The molecule has 0 heterocycles. The molecular formula is C15H11BrClF2N. The predicted octanol–water partition coefficient (Wildman–Crippen LogP) is 4.53. The van der Waals surface area contributed by atoms with Gasteiger partial charge in [-0.05, 0) is 58.1 Å². The first-order chi connectivity index (χ1) is 9.43. The second-order valence-corrected chi connectivity index (χ2v) is 6.23. The van der Waals surface area contributed by atoms with Gasteiger partial charge in [-0.25, -0.2) is 8.78 Å². The smallest absolute Gasteiger partial charge is 0.148 e. The first-order valence-electron chi connectivity index (χ1n) is 6.15. The zero-order valence-corrected chi connectivity index (χ0v) is 12.7. The summed E-state index contributed by atoms with van der Waals surface area (Å²) in [5.41, 5.74) is 7.39. The molecule has 2 aromatic rings. The number of nitrogens with two attached hydrogens (primary N) is 1. The van der Waals surface area contributed by atoms with Crippen LogP contribution in [0.2, 0.25) is 5.02 Å². The van der Waals surface area contributed by atoms with Crippen LogP contribution >= 0.6 is 27.5 Å². The Hall–Kier alpha value is -0.970. The van der Waals surface area contributed by atoms with E-state index >= 15 is 0 Å². The van der Waals surface area contributed by atoms with Gasteiger partial charge in [0.15, 0.2) is 0 Å². The highest BCUT2D eigenvalue weighted by Crippen LogP contribution is 2.43. The van der Waals surface area contributed by atoms with Crippen LogP contribution in [0.1, 0.15) is 23.1 Å². The molecule has 3 rings (SSSR count). The van der Waals surface area contributed by atoms with Crippen molar-refractivity contribution in [3.8, 4) is 0 Å². The van der Waals surface area contributed by atoms with Crippen LogP contribution in [0.15, 0.2) is 34.8 Å². The van der Waals surface area contributed by atoms with Crippen LogP contribution in [-0.4, -0.2) is 0 Å². The highest BCUT2D eigenvalue weighted by Gasteiger charge is 2.39.